The minimum atomic E-state index is -0.0969. The summed E-state index contributed by atoms with van der Waals surface area (Å²) in [5.41, 5.74) is 6.79. The van der Waals surface area contributed by atoms with Crippen molar-refractivity contribution in [2.75, 3.05) is 13.1 Å². The zero-order chi connectivity index (χ0) is 15.1. The fourth-order valence-corrected chi connectivity index (χ4v) is 3.60. The zero-order valence-corrected chi connectivity index (χ0v) is 15.1. The van der Waals surface area contributed by atoms with Crippen LogP contribution in [0.4, 0.5) is 0 Å². The van der Waals surface area contributed by atoms with Crippen molar-refractivity contribution in [1.29, 1.82) is 0 Å². The average Bonchev–Trinajstić information content (AvgIpc) is 3.24. The Bertz CT molecular complexity index is 816. The number of thiazole rings is 1. The summed E-state index contributed by atoms with van der Waals surface area (Å²) in [6.07, 6.45) is 0.844. The van der Waals surface area contributed by atoms with Crippen LogP contribution in [0, 0.1) is 0 Å². The summed E-state index contributed by atoms with van der Waals surface area (Å²) in [6, 6.07) is 11.5. The number of halogens is 2. The lowest BCUT2D eigenvalue weighted by atomic mass is 10.3. The molecule has 24 heavy (non-hydrogen) atoms. The van der Waals surface area contributed by atoms with Crippen molar-refractivity contribution in [3.63, 3.8) is 0 Å². The highest BCUT2D eigenvalue weighted by Gasteiger charge is 2.26. The predicted molar refractivity (Wildman–Crippen MR) is 100 cm³/mol. The standard InChI is InChI=1S/C16H15N3O2S.2ClH/c17-10-7-8-19(9-10)16(20)13-6-5-12(21-13)15-18-11-3-1-2-4-14(11)22-15;;/h1-6,10H,7-9,17H2;2*1H/t10-;;/m1../s1. The summed E-state index contributed by atoms with van der Waals surface area (Å²) in [5.74, 6) is 0.886. The highest BCUT2D eigenvalue weighted by Crippen LogP contribution is 2.31. The highest BCUT2D eigenvalue weighted by molar-refractivity contribution is 7.21. The van der Waals surface area contributed by atoms with Crippen LogP contribution >= 0.6 is 36.2 Å². The van der Waals surface area contributed by atoms with Crippen molar-refractivity contribution in [1.82, 2.24) is 9.88 Å². The van der Waals surface area contributed by atoms with Gasteiger partial charge in [0, 0.05) is 19.1 Å². The summed E-state index contributed by atoms with van der Waals surface area (Å²) in [7, 11) is 0. The van der Waals surface area contributed by atoms with Gasteiger partial charge in [0.1, 0.15) is 0 Å². The average molecular weight is 386 g/mol. The van der Waals surface area contributed by atoms with E-state index in [1.807, 2.05) is 24.3 Å². The Kier molecular flexibility index (Phi) is 5.87. The monoisotopic (exact) mass is 385 g/mol. The molecule has 1 amide bonds. The van der Waals surface area contributed by atoms with Gasteiger partial charge < -0.3 is 15.1 Å². The van der Waals surface area contributed by atoms with E-state index in [-0.39, 0.29) is 36.8 Å². The molecule has 1 fully saturated rings. The Hall–Kier alpha value is -1.60. The number of hydrogen-bond donors (Lipinski definition) is 1. The number of carbonyl (C=O) groups excluding carboxylic acids is 1. The molecule has 1 saturated heterocycles. The van der Waals surface area contributed by atoms with Crippen LogP contribution in [0.5, 0.6) is 0 Å². The highest BCUT2D eigenvalue weighted by atomic mass is 35.5. The van der Waals surface area contributed by atoms with Crippen LogP contribution in [0.3, 0.4) is 0 Å². The lowest BCUT2D eigenvalue weighted by Crippen LogP contribution is -2.31. The molecule has 2 aromatic heterocycles. The summed E-state index contributed by atoms with van der Waals surface area (Å²) >= 11 is 1.56. The minimum Gasteiger partial charge on any atom is -0.448 e. The third-order valence-corrected chi connectivity index (χ3v) is 4.88. The second-order valence-corrected chi connectivity index (χ2v) is 6.48. The zero-order valence-electron chi connectivity index (χ0n) is 12.7. The molecule has 128 valence electrons. The Labute approximate surface area is 155 Å². The van der Waals surface area contributed by atoms with Crippen LogP contribution < -0.4 is 5.73 Å². The molecule has 0 aliphatic carbocycles. The van der Waals surface area contributed by atoms with Crippen molar-refractivity contribution in [3.05, 3.63) is 42.2 Å². The molecule has 5 nitrogen and oxygen atoms in total. The summed E-state index contributed by atoms with van der Waals surface area (Å²) in [4.78, 5) is 18.7. The largest absolute Gasteiger partial charge is 0.448 e. The number of aromatic nitrogens is 1. The third-order valence-electron chi connectivity index (χ3n) is 3.83. The van der Waals surface area contributed by atoms with Crippen molar-refractivity contribution in [3.8, 4) is 10.8 Å². The number of fused-ring (bicyclic) bond motifs is 1. The van der Waals surface area contributed by atoms with E-state index in [0.717, 1.165) is 21.6 Å². The van der Waals surface area contributed by atoms with Crippen LogP contribution in [-0.4, -0.2) is 34.9 Å². The number of nitrogens with two attached hydrogens (primary N) is 1. The number of hydrogen-bond acceptors (Lipinski definition) is 5. The molecule has 0 radical (unpaired) electrons. The Morgan fingerprint density at radius 3 is 2.75 bits per heavy atom. The molecule has 8 heteroatoms. The molecule has 2 N–H and O–H groups in total. The van der Waals surface area contributed by atoms with Gasteiger partial charge in [-0.1, -0.05) is 12.1 Å². The number of likely N-dealkylation sites (tertiary alicyclic amines) is 1. The number of furan rings is 1. The number of rotatable bonds is 2. The van der Waals surface area contributed by atoms with Gasteiger partial charge in [0.25, 0.3) is 5.91 Å². The Morgan fingerprint density at radius 2 is 2.04 bits per heavy atom. The Morgan fingerprint density at radius 1 is 1.25 bits per heavy atom. The molecular weight excluding hydrogens is 369 g/mol. The molecule has 3 aromatic rings. The van der Waals surface area contributed by atoms with Crippen LogP contribution in [0.25, 0.3) is 21.0 Å². The van der Waals surface area contributed by atoms with E-state index in [0.29, 0.717) is 24.6 Å². The first-order valence-electron chi connectivity index (χ1n) is 7.21. The molecule has 0 saturated carbocycles. The lowest BCUT2D eigenvalue weighted by molar-refractivity contribution is 0.0760. The molecule has 0 bridgehead atoms. The first-order chi connectivity index (χ1) is 10.7. The molecule has 0 spiro atoms. The predicted octanol–water partition coefficient (Wildman–Crippen LogP) is 3.57. The van der Waals surface area contributed by atoms with Crippen molar-refractivity contribution >= 4 is 52.3 Å². The second-order valence-electron chi connectivity index (χ2n) is 5.45. The number of amides is 1. The molecule has 0 unspecified atom stereocenters. The molecule has 3 heterocycles. The van der Waals surface area contributed by atoms with Crippen LogP contribution in [0.2, 0.25) is 0 Å². The number of benzene rings is 1. The first-order valence-corrected chi connectivity index (χ1v) is 8.03. The summed E-state index contributed by atoms with van der Waals surface area (Å²) in [6.45, 7) is 1.28. The second kappa shape index (κ2) is 7.53. The molecule has 1 aliphatic heterocycles. The van der Waals surface area contributed by atoms with Crippen LogP contribution in [0.1, 0.15) is 17.0 Å². The van der Waals surface area contributed by atoms with Gasteiger partial charge in [0.05, 0.1) is 10.2 Å². The van der Waals surface area contributed by atoms with Gasteiger partial charge in [-0.3, -0.25) is 4.79 Å². The maximum atomic E-state index is 12.4. The maximum absolute atomic E-state index is 12.4. The van der Waals surface area contributed by atoms with Crippen molar-refractivity contribution in [2.45, 2.75) is 12.5 Å². The number of nitrogens with zero attached hydrogens (tertiary/aromatic N) is 2. The van der Waals surface area contributed by atoms with E-state index < -0.39 is 0 Å². The fraction of sp³-hybridized carbons (Fsp3) is 0.250. The number of carbonyl (C=O) groups is 1. The van der Waals surface area contributed by atoms with E-state index in [1.54, 1.807) is 28.4 Å². The minimum absolute atomic E-state index is 0. The quantitative estimate of drug-likeness (QED) is 0.731. The molecule has 1 atom stereocenters. The number of para-hydroxylation sites is 1. The van der Waals surface area contributed by atoms with Gasteiger partial charge >= 0.3 is 0 Å². The topological polar surface area (TPSA) is 72.4 Å². The van der Waals surface area contributed by atoms with Gasteiger partial charge in [-0.25, -0.2) is 4.98 Å². The van der Waals surface area contributed by atoms with E-state index in [2.05, 4.69) is 4.98 Å². The lowest BCUT2D eigenvalue weighted by Gasteiger charge is -2.13. The van der Waals surface area contributed by atoms with Gasteiger partial charge in [-0.2, -0.15) is 0 Å². The van der Waals surface area contributed by atoms with Crippen LogP contribution in [-0.2, 0) is 0 Å². The smallest absolute Gasteiger partial charge is 0.289 e. The van der Waals surface area contributed by atoms with E-state index in [4.69, 9.17) is 10.2 Å². The summed E-state index contributed by atoms with van der Waals surface area (Å²) < 4.78 is 6.83. The van der Waals surface area contributed by atoms with Crippen molar-refractivity contribution < 1.29 is 9.21 Å². The fourth-order valence-electron chi connectivity index (χ4n) is 2.67. The van der Waals surface area contributed by atoms with Crippen molar-refractivity contribution in [2.24, 2.45) is 5.73 Å². The van der Waals surface area contributed by atoms with Gasteiger partial charge in [0.15, 0.2) is 16.5 Å². The summed E-state index contributed by atoms with van der Waals surface area (Å²) in [5, 5.41) is 0.790. The molecule has 1 aromatic carbocycles. The van der Waals surface area contributed by atoms with E-state index in [1.165, 1.54) is 0 Å². The SMILES string of the molecule is Cl.Cl.N[C@@H]1CCN(C(=O)c2ccc(-c3nc4ccccc4s3)o2)C1. The van der Waals surface area contributed by atoms with E-state index in [9.17, 15) is 4.79 Å². The van der Waals surface area contributed by atoms with Gasteiger partial charge in [-0.15, -0.1) is 36.2 Å². The Balaban J connectivity index is 0.00000104. The molecule has 1 aliphatic rings. The van der Waals surface area contributed by atoms with Gasteiger partial charge in [0.2, 0.25) is 0 Å². The maximum Gasteiger partial charge on any atom is 0.289 e. The van der Waals surface area contributed by atoms with Crippen LogP contribution in [0.15, 0.2) is 40.8 Å². The first kappa shape index (κ1) is 18.7. The molecule has 4 rings (SSSR count). The third kappa shape index (κ3) is 3.42. The normalized spacial score (nSPS) is 16.7. The van der Waals surface area contributed by atoms with E-state index >= 15 is 0 Å². The molecular formula is C16H17Cl2N3O2S. The van der Waals surface area contributed by atoms with Gasteiger partial charge in [-0.05, 0) is 30.7 Å².